The number of thioether (sulfide) groups is 1. The monoisotopic (exact) mass is 430 g/mol. The Bertz CT molecular complexity index is 866. The Morgan fingerprint density at radius 2 is 2.33 bits per heavy atom. The van der Waals surface area contributed by atoms with Crippen molar-refractivity contribution >= 4 is 44.0 Å². The van der Waals surface area contributed by atoms with Crippen LogP contribution in [0.4, 0.5) is 5.13 Å². The quantitative estimate of drug-likeness (QED) is 0.636. The van der Waals surface area contributed by atoms with Crippen molar-refractivity contribution in [1.82, 2.24) is 15.1 Å². The summed E-state index contributed by atoms with van der Waals surface area (Å²) < 4.78 is 29.4. The Morgan fingerprint density at radius 1 is 1.52 bits per heavy atom. The third-order valence-electron chi connectivity index (χ3n) is 4.30. The van der Waals surface area contributed by atoms with E-state index in [1.165, 1.54) is 23.1 Å². The molecule has 3 rings (SSSR count). The highest BCUT2D eigenvalue weighted by molar-refractivity contribution is 8.02. The fourth-order valence-electron chi connectivity index (χ4n) is 2.96. The summed E-state index contributed by atoms with van der Waals surface area (Å²) in [5.41, 5.74) is 0. The van der Waals surface area contributed by atoms with E-state index in [0.29, 0.717) is 29.0 Å². The van der Waals surface area contributed by atoms with E-state index >= 15 is 0 Å². The van der Waals surface area contributed by atoms with Crippen LogP contribution < -0.4 is 5.32 Å². The summed E-state index contributed by atoms with van der Waals surface area (Å²) in [5.74, 6) is 0.950. The number of carbonyl (C=O) groups is 1. The molecule has 2 atom stereocenters. The molecule has 27 heavy (non-hydrogen) atoms. The molecule has 0 aromatic carbocycles. The number of carbonyl (C=O) groups excluding carboxylic acids is 1. The van der Waals surface area contributed by atoms with E-state index in [1.807, 2.05) is 26.0 Å². The van der Waals surface area contributed by atoms with Gasteiger partial charge in [-0.1, -0.05) is 23.1 Å². The van der Waals surface area contributed by atoms with Gasteiger partial charge in [-0.3, -0.25) is 4.79 Å². The average molecular weight is 431 g/mol. The highest BCUT2D eigenvalue weighted by Gasteiger charge is 2.35. The molecule has 0 spiro atoms. The van der Waals surface area contributed by atoms with Crippen LogP contribution in [0.5, 0.6) is 0 Å². The van der Waals surface area contributed by atoms with Crippen molar-refractivity contribution in [2.75, 3.05) is 23.4 Å². The number of hydrogen-bond donors (Lipinski definition) is 1. The van der Waals surface area contributed by atoms with Gasteiger partial charge < -0.3 is 14.6 Å². The molecule has 1 amide bonds. The molecule has 0 bridgehead atoms. The van der Waals surface area contributed by atoms with Gasteiger partial charge in [-0.2, -0.15) is 0 Å². The van der Waals surface area contributed by atoms with E-state index in [2.05, 4.69) is 15.5 Å². The molecule has 3 heterocycles. The topological polar surface area (TPSA) is 105 Å². The molecule has 1 aliphatic rings. The predicted octanol–water partition coefficient (Wildman–Crippen LogP) is 2.26. The Kier molecular flexibility index (Phi) is 6.43. The molecule has 2 unspecified atom stereocenters. The molecule has 11 heteroatoms. The molecule has 8 nitrogen and oxygen atoms in total. The van der Waals surface area contributed by atoms with Crippen LogP contribution in [0.1, 0.15) is 26.0 Å². The first-order chi connectivity index (χ1) is 12.9. The van der Waals surface area contributed by atoms with Gasteiger partial charge >= 0.3 is 0 Å². The Balaban J connectivity index is 1.56. The number of furan rings is 1. The fraction of sp³-hybridized carbons (Fsp3) is 0.562. The number of rotatable bonds is 8. The van der Waals surface area contributed by atoms with E-state index in [9.17, 15) is 13.2 Å². The van der Waals surface area contributed by atoms with Gasteiger partial charge in [0.2, 0.25) is 11.0 Å². The van der Waals surface area contributed by atoms with Gasteiger partial charge in [-0.05, 0) is 32.4 Å². The smallest absolute Gasteiger partial charge is 0.236 e. The minimum atomic E-state index is -3.03. The second-order valence-electron chi connectivity index (χ2n) is 6.25. The second-order valence-corrected chi connectivity index (χ2v) is 11.0. The minimum Gasteiger partial charge on any atom is -0.467 e. The van der Waals surface area contributed by atoms with Crippen LogP contribution in [0.2, 0.25) is 0 Å². The summed E-state index contributed by atoms with van der Waals surface area (Å²) >= 11 is 2.71. The molecule has 148 valence electrons. The lowest BCUT2D eigenvalue weighted by molar-refractivity contribution is -0.131. The number of nitrogens with zero attached hydrogens (tertiary/aromatic N) is 3. The first kappa shape index (κ1) is 20.2. The van der Waals surface area contributed by atoms with Crippen molar-refractivity contribution in [1.29, 1.82) is 0 Å². The van der Waals surface area contributed by atoms with Crippen LogP contribution in [0.3, 0.4) is 0 Å². The van der Waals surface area contributed by atoms with Gasteiger partial charge in [0.05, 0.1) is 29.6 Å². The van der Waals surface area contributed by atoms with Crippen LogP contribution >= 0.6 is 23.1 Å². The Hall–Kier alpha value is -1.59. The SMILES string of the molecule is CCN(C(=O)C(C)Sc1nnc(NCc2ccco2)s1)C1CCS(=O)(=O)C1. The van der Waals surface area contributed by atoms with Gasteiger partial charge in [0.25, 0.3) is 0 Å². The Morgan fingerprint density at radius 3 is 2.96 bits per heavy atom. The molecule has 2 aromatic rings. The van der Waals surface area contributed by atoms with Crippen molar-refractivity contribution in [3.63, 3.8) is 0 Å². The van der Waals surface area contributed by atoms with Gasteiger partial charge in [0, 0.05) is 12.6 Å². The van der Waals surface area contributed by atoms with E-state index in [0.717, 1.165) is 5.76 Å². The number of anilines is 1. The maximum Gasteiger partial charge on any atom is 0.236 e. The van der Waals surface area contributed by atoms with Crippen molar-refractivity contribution in [3.05, 3.63) is 24.2 Å². The molecule has 0 saturated carbocycles. The lowest BCUT2D eigenvalue weighted by atomic mass is 10.2. The molecule has 0 radical (unpaired) electrons. The number of nitrogens with one attached hydrogen (secondary N) is 1. The normalized spacial score (nSPS) is 19.7. The van der Waals surface area contributed by atoms with Crippen LogP contribution in [0.25, 0.3) is 0 Å². The molecule has 1 saturated heterocycles. The lowest BCUT2D eigenvalue weighted by Gasteiger charge is -2.29. The van der Waals surface area contributed by atoms with Crippen molar-refractivity contribution in [3.8, 4) is 0 Å². The van der Waals surface area contributed by atoms with E-state index < -0.39 is 9.84 Å². The third-order valence-corrected chi connectivity index (χ3v) is 8.10. The third kappa shape index (κ3) is 5.23. The summed E-state index contributed by atoms with van der Waals surface area (Å²) in [6, 6.07) is 3.46. The summed E-state index contributed by atoms with van der Waals surface area (Å²) in [6.45, 7) is 4.70. The maximum atomic E-state index is 12.8. The molecule has 2 aromatic heterocycles. The van der Waals surface area contributed by atoms with Crippen molar-refractivity contribution in [2.24, 2.45) is 0 Å². The predicted molar refractivity (Wildman–Crippen MR) is 106 cm³/mol. The number of hydrogen-bond acceptors (Lipinski definition) is 9. The molecular formula is C16H22N4O4S3. The largest absolute Gasteiger partial charge is 0.467 e. The number of sulfone groups is 1. The van der Waals surface area contributed by atoms with Crippen LogP contribution in [0, 0.1) is 0 Å². The zero-order valence-corrected chi connectivity index (χ0v) is 17.6. The zero-order chi connectivity index (χ0) is 19.4. The molecular weight excluding hydrogens is 408 g/mol. The fourth-order valence-corrected chi connectivity index (χ4v) is 6.65. The van der Waals surface area contributed by atoms with E-state index in [4.69, 9.17) is 4.42 Å². The summed E-state index contributed by atoms with van der Waals surface area (Å²) in [5, 5.41) is 11.6. The molecule has 1 N–H and O–H groups in total. The first-order valence-corrected chi connectivity index (χ1v) is 12.2. The average Bonchev–Trinajstić information content (AvgIpc) is 3.35. The number of amides is 1. The van der Waals surface area contributed by atoms with Crippen molar-refractivity contribution < 1.29 is 17.6 Å². The lowest BCUT2D eigenvalue weighted by Crippen LogP contribution is -2.44. The van der Waals surface area contributed by atoms with Gasteiger partial charge in [-0.15, -0.1) is 10.2 Å². The standard InChI is InChI=1S/C16H22N4O4S3/c1-3-20(12-6-8-27(22,23)10-12)14(21)11(2)25-16-19-18-15(26-16)17-9-13-5-4-7-24-13/h4-5,7,11-12H,3,6,8-10H2,1-2H3,(H,17,18). The Labute approximate surface area is 166 Å². The zero-order valence-electron chi connectivity index (χ0n) is 15.1. The second kappa shape index (κ2) is 8.61. The van der Waals surface area contributed by atoms with E-state index in [-0.39, 0.29) is 28.7 Å². The van der Waals surface area contributed by atoms with Crippen molar-refractivity contribution in [2.45, 2.75) is 42.4 Å². The van der Waals surface area contributed by atoms with Gasteiger partial charge in [-0.25, -0.2) is 8.42 Å². The summed E-state index contributed by atoms with van der Waals surface area (Å²) in [6.07, 6.45) is 2.12. The van der Waals surface area contributed by atoms with Gasteiger partial charge in [0.15, 0.2) is 14.2 Å². The maximum absolute atomic E-state index is 12.8. The molecule has 0 aliphatic carbocycles. The highest BCUT2D eigenvalue weighted by Crippen LogP contribution is 2.31. The van der Waals surface area contributed by atoms with Crippen LogP contribution in [0.15, 0.2) is 27.2 Å². The van der Waals surface area contributed by atoms with E-state index in [1.54, 1.807) is 11.2 Å². The van der Waals surface area contributed by atoms with Gasteiger partial charge in [0.1, 0.15) is 5.76 Å². The van der Waals surface area contributed by atoms with Crippen LogP contribution in [-0.2, 0) is 21.2 Å². The molecule has 1 aliphatic heterocycles. The number of aromatic nitrogens is 2. The molecule has 1 fully saturated rings. The summed E-state index contributed by atoms with van der Waals surface area (Å²) in [4.78, 5) is 14.5. The minimum absolute atomic E-state index is 0.0591. The highest BCUT2D eigenvalue weighted by atomic mass is 32.2. The summed E-state index contributed by atoms with van der Waals surface area (Å²) in [7, 11) is -3.03. The van der Waals surface area contributed by atoms with Crippen LogP contribution in [-0.4, -0.2) is 58.8 Å². The first-order valence-electron chi connectivity index (χ1n) is 8.65.